The molecule has 1 amide bonds. The smallest absolute Gasteiger partial charge is 0.339 e. The van der Waals surface area contributed by atoms with Crippen LogP contribution in [-0.2, 0) is 17.5 Å². The minimum absolute atomic E-state index is 0.0750. The molecule has 8 heteroatoms. The molecule has 0 saturated carbocycles. The Balaban J connectivity index is 2.55. The fourth-order valence-corrected chi connectivity index (χ4v) is 2.20. The number of thiazole rings is 1. The number of amides is 1. The third kappa shape index (κ3) is 5.15. The van der Waals surface area contributed by atoms with Crippen molar-refractivity contribution in [3.05, 3.63) is 16.1 Å². The van der Waals surface area contributed by atoms with Crippen LogP contribution in [0.4, 0.5) is 13.2 Å². The van der Waals surface area contributed by atoms with E-state index in [0.29, 0.717) is 6.42 Å². The van der Waals surface area contributed by atoms with E-state index in [2.05, 4.69) is 4.98 Å². The van der Waals surface area contributed by atoms with Crippen molar-refractivity contribution >= 4 is 17.2 Å². The van der Waals surface area contributed by atoms with E-state index in [1.54, 1.807) is 6.92 Å². The topological polar surface area (TPSA) is 59.2 Å². The van der Waals surface area contributed by atoms with Crippen molar-refractivity contribution in [2.45, 2.75) is 38.5 Å². The molecule has 1 atom stereocenters. The van der Waals surface area contributed by atoms with Gasteiger partial charge in [0.15, 0.2) is 5.69 Å². The average Bonchev–Trinajstić information content (AvgIpc) is 2.73. The second-order valence-electron chi connectivity index (χ2n) is 4.39. The molecule has 1 aromatic heterocycles. The van der Waals surface area contributed by atoms with Gasteiger partial charge in [0.1, 0.15) is 5.01 Å². The maximum atomic E-state index is 12.4. The Kier molecular flexibility index (Phi) is 5.30. The number of aromatic nitrogens is 1. The Labute approximate surface area is 113 Å². The van der Waals surface area contributed by atoms with Crippen LogP contribution in [0.1, 0.15) is 30.5 Å². The zero-order valence-electron chi connectivity index (χ0n) is 10.7. The lowest BCUT2D eigenvalue weighted by molar-refractivity contribution is -0.140. The number of carbonyl (C=O) groups excluding carboxylic acids is 1. The van der Waals surface area contributed by atoms with Gasteiger partial charge in [-0.2, -0.15) is 13.2 Å². The molecule has 0 bridgehead atoms. The highest BCUT2D eigenvalue weighted by Gasteiger charge is 2.33. The van der Waals surface area contributed by atoms with Crippen molar-refractivity contribution in [2.24, 2.45) is 5.73 Å². The molecule has 2 N–H and O–H groups in total. The van der Waals surface area contributed by atoms with Crippen molar-refractivity contribution in [2.75, 3.05) is 7.05 Å². The van der Waals surface area contributed by atoms with Gasteiger partial charge in [-0.3, -0.25) is 4.79 Å². The fourth-order valence-electron chi connectivity index (χ4n) is 1.35. The lowest BCUT2D eigenvalue weighted by Gasteiger charge is -2.16. The molecule has 0 spiro atoms. The summed E-state index contributed by atoms with van der Waals surface area (Å²) < 4.78 is 37.1. The lowest BCUT2D eigenvalue weighted by atomic mass is 10.2. The molecule has 0 aliphatic carbocycles. The molecule has 0 aromatic carbocycles. The monoisotopic (exact) mass is 295 g/mol. The Morgan fingerprint density at radius 2 is 2.21 bits per heavy atom. The number of nitrogens with two attached hydrogens (primary N) is 1. The molecule has 0 saturated heterocycles. The second kappa shape index (κ2) is 6.33. The number of hydrogen-bond donors (Lipinski definition) is 1. The normalized spacial score (nSPS) is 13.4. The standard InChI is InChI=1S/C11H16F3N3OS/c1-7(15)3-4-10(18)17(2)5-9-16-8(6-19-9)11(12,13)14/h6-7H,3-5,15H2,1-2H3. The van der Waals surface area contributed by atoms with Crippen LogP contribution in [0.5, 0.6) is 0 Å². The maximum Gasteiger partial charge on any atom is 0.434 e. The van der Waals surface area contributed by atoms with Gasteiger partial charge in [-0.15, -0.1) is 11.3 Å². The van der Waals surface area contributed by atoms with Crippen molar-refractivity contribution in [3.8, 4) is 0 Å². The van der Waals surface area contributed by atoms with E-state index >= 15 is 0 Å². The first-order valence-electron chi connectivity index (χ1n) is 5.71. The molecule has 1 aromatic rings. The van der Waals surface area contributed by atoms with E-state index in [9.17, 15) is 18.0 Å². The Hall–Kier alpha value is -1.15. The highest BCUT2D eigenvalue weighted by atomic mass is 32.1. The maximum absolute atomic E-state index is 12.4. The van der Waals surface area contributed by atoms with E-state index in [1.807, 2.05) is 0 Å². The molecule has 1 rings (SSSR count). The van der Waals surface area contributed by atoms with Crippen LogP contribution in [0.2, 0.25) is 0 Å². The second-order valence-corrected chi connectivity index (χ2v) is 5.33. The summed E-state index contributed by atoms with van der Waals surface area (Å²) in [7, 11) is 1.54. The highest BCUT2D eigenvalue weighted by molar-refractivity contribution is 7.09. The molecule has 108 valence electrons. The van der Waals surface area contributed by atoms with Gasteiger partial charge in [-0.05, 0) is 13.3 Å². The van der Waals surface area contributed by atoms with Crippen molar-refractivity contribution in [3.63, 3.8) is 0 Å². The quantitative estimate of drug-likeness (QED) is 0.906. The number of halogens is 3. The van der Waals surface area contributed by atoms with Gasteiger partial charge in [-0.1, -0.05) is 0 Å². The van der Waals surface area contributed by atoms with Gasteiger partial charge in [0.05, 0.1) is 6.54 Å². The van der Waals surface area contributed by atoms with Crippen LogP contribution in [0.3, 0.4) is 0 Å². The van der Waals surface area contributed by atoms with Crippen LogP contribution < -0.4 is 5.73 Å². The number of carbonyl (C=O) groups is 1. The summed E-state index contributed by atoms with van der Waals surface area (Å²) in [5.74, 6) is -0.152. The summed E-state index contributed by atoms with van der Waals surface area (Å²) in [6.45, 7) is 1.88. The van der Waals surface area contributed by atoms with Crippen molar-refractivity contribution in [1.29, 1.82) is 0 Å². The van der Waals surface area contributed by atoms with Gasteiger partial charge < -0.3 is 10.6 Å². The SMILES string of the molecule is CC(N)CCC(=O)N(C)Cc1nc(C(F)(F)F)cs1. The molecular formula is C11H16F3N3OS. The fraction of sp³-hybridized carbons (Fsp3) is 0.636. The molecule has 0 radical (unpaired) electrons. The average molecular weight is 295 g/mol. The first-order valence-corrected chi connectivity index (χ1v) is 6.59. The molecule has 0 aliphatic rings. The van der Waals surface area contributed by atoms with E-state index in [4.69, 9.17) is 5.73 Å². The van der Waals surface area contributed by atoms with Crippen LogP contribution in [0.15, 0.2) is 5.38 Å². The van der Waals surface area contributed by atoms with Crippen LogP contribution in [-0.4, -0.2) is 28.9 Å². The van der Waals surface area contributed by atoms with E-state index in [0.717, 1.165) is 16.7 Å². The summed E-state index contributed by atoms with van der Waals surface area (Å²) in [6.07, 6.45) is -3.60. The predicted molar refractivity (Wildman–Crippen MR) is 66.5 cm³/mol. The van der Waals surface area contributed by atoms with Crippen LogP contribution >= 0.6 is 11.3 Å². The third-order valence-corrected chi connectivity index (χ3v) is 3.29. The molecule has 1 heterocycles. The summed E-state index contributed by atoms with van der Waals surface area (Å²) in [6, 6.07) is -0.0750. The summed E-state index contributed by atoms with van der Waals surface area (Å²) in [5.41, 5.74) is 4.63. The van der Waals surface area contributed by atoms with Crippen molar-refractivity contribution < 1.29 is 18.0 Å². The predicted octanol–water partition coefficient (Wildman–Crippen LogP) is 2.25. The Morgan fingerprint density at radius 3 is 2.68 bits per heavy atom. The van der Waals surface area contributed by atoms with Gasteiger partial charge in [0.2, 0.25) is 5.91 Å². The first kappa shape index (κ1) is 15.9. The molecule has 0 fully saturated rings. The van der Waals surface area contributed by atoms with Gasteiger partial charge in [0.25, 0.3) is 0 Å². The van der Waals surface area contributed by atoms with Gasteiger partial charge >= 0.3 is 6.18 Å². The molecular weight excluding hydrogens is 279 g/mol. The highest BCUT2D eigenvalue weighted by Crippen LogP contribution is 2.30. The molecule has 1 unspecified atom stereocenters. The third-order valence-electron chi connectivity index (χ3n) is 2.45. The lowest BCUT2D eigenvalue weighted by Crippen LogP contribution is -2.28. The summed E-state index contributed by atoms with van der Waals surface area (Å²) in [4.78, 5) is 16.5. The number of nitrogens with zero attached hydrogens (tertiary/aromatic N) is 2. The first-order chi connectivity index (χ1) is 8.70. The van der Waals surface area contributed by atoms with E-state index in [-0.39, 0.29) is 29.9 Å². The zero-order valence-corrected chi connectivity index (χ0v) is 11.5. The van der Waals surface area contributed by atoms with Gasteiger partial charge in [-0.25, -0.2) is 4.98 Å². The molecule has 19 heavy (non-hydrogen) atoms. The van der Waals surface area contributed by atoms with Crippen molar-refractivity contribution in [1.82, 2.24) is 9.88 Å². The molecule has 0 aliphatic heterocycles. The van der Waals surface area contributed by atoms with Crippen LogP contribution in [0.25, 0.3) is 0 Å². The number of hydrogen-bond acceptors (Lipinski definition) is 4. The van der Waals surface area contributed by atoms with E-state index < -0.39 is 11.9 Å². The summed E-state index contributed by atoms with van der Waals surface area (Å²) >= 11 is 0.897. The number of alkyl halides is 3. The minimum atomic E-state index is -4.44. The minimum Gasteiger partial charge on any atom is -0.339 e. The Morgan fingerprint density at radius 1 is 1.58 bits per heavy atom. The Bertz CT molecular complexity index is 431. The molecule has 4 nitrogen and oxygen atoms in total. The zero-order chi connectivity index (χ0) is 14.6. The van der Waals surface area contributed by atoms with Crippen LogP contribution in [0, 0.1) is 0 Å². The number of rotatable bonds is 5. The largest absolute Gasteiger partial charge is 0.434 e. The van der Waals surface area contributed by atoms with E-state index in [1.165, 1.54) is 11.9 Å². The van der Waals surface area contributed by atoms with Gasteiger partial charge in [0, 0.05) is 24.9 Å². The summed E-state index contributed by atoms with van der Waals surface area (Å²) in [5, 5.41) is 1.22.